The molecule has 1 saturated carbocycles. The average molecular weight is 682 g/mol. The van der Waals surface area contributed by atoms with Crippen molar-refractivity contribution in [2.45, 2.75) is 43.3 Å². The summed E-state index contributed by atoms with van der Waals surface area (Å²) in [7, 11) is 1.23. The van der Waals surface area contributed by atoms with Crippen LogP contribution >= 0.6 is 0 Å². The normalized spacial score (nSPS) is 19.8. The summed E-state index contributed by atoms with van der Waals surface area (Å²) in [5.74, 6) is -10.8. The van der Waals surface area contributed by atoms with Gasteiger partial charge in [0.05, 0.1) is 19.3 Å². The molecule has 48 heavy (non-hydrogen) atoms. The number of nitrogens with two attached hydrogens (primary N) is 1. The molecule has 0 unspecified atom stereocenters. The second-order valence-corrected chi connectivity index (χ2v) is 12.0. The van der Waals surface area contributed by atoms with E-state index in [9.17, 15) is 41.0 Å². The van der Waals surface area contributed by atoms with Crippen molar-refractivity contribution in [3.8, 4) is 22.8 Å². The maximum absolute atomic E-state index is 15.1. The topological polar surface area (TPSA) is 142 Å². The van der Waals surface area contributed by atoms with E-state index in [0.717, 1.165) is 12.3 Å². The van der Waals surface area contributed by atoms with Crippen LogP contribution in [0.3, 0.4) is 0 Å². The van der Waals surface area contributed by atoms with Crippen LogP contribution in [0.5, 0.6) is 11.5 Å². The van der Waals surface area contributed by atoms with Crippen molar-refractivity contribution in [3.63, 3.8) is 0 Å². The van der Waals surface area contributed by atoms with Crippen LogP contribution in [0.1, 0.15) is 47.9 Å². The van der Waals surface area contributed by atoms with Gasteiger partial charge in [0.2, 0.25) is 11.8 Å². The summed E-state index contributed by atoms with van der Waals surface area (Å²) < 4.78 is 109. The standard InChI is InChI=1S/C31H26F7N5O5/c1-29(27(39)45)12-48-25-17(29)6-22(41-24(25)16-5-19(33)20(34)7-18(16)32)31(46,15-8-30(37,38)9-15)11-40-26(44)13-3-14-10-43(28(35)36)42-23(14)21(4-13)47-2/h3-7,10,15,28,46H,8-9,11-12H2,1-2H3,(H2,39,45)(H,40,44)/t29-,31+/m0/s1. The van der Waals surface area contributed by atoms with Crippen LogP contribution in [0.25, 0.3) is 22.2 Å². The van der Waals surface area contributed by atoms with Crippen molar-refractivity contribution in [1.82, 2.24) is 20.1 Å². The Kier molecular flexibility index (Phi) is 7.80. The first-order valence-electron chi connectivity index (χ1n) is 14.3. The van der Waals surface area contributed by atoms with Gasteiger partial charge in [-0.15, -0.1) is 0 Å². The largest absolute Gasteiger partial charge is 0.494 e. The fourth-order valence-corrected chi connectivity index (χ4v) is 5.96. The molecule has 4 N–H and O–H groups in total. The molecule has 0 spiro atoms. The quantitative estimate of drug-likeness (QED) is 0.172. The lowest BCUT2D eigenvalue weighted by Crippen LogP contribution is -2.54. The van der Waals surface area contributed by atoms with E-state index in [1.807, 2.05) is 0 Å². The molecule has 2 amide bonds. The Bertz CT molecular complexity index is 1980. The van der Waals surface area contributed by atoms with E-state index >= 15 is 4.39 Å². The van der Waals surface area contributed by atoms with Gasteiger partial charge in [-0.05, 0) is 31.2 Å². The molecule has 3 heterocycles. The number of methoxy groups -OCH3 is 1. The Morgan fingerprint density at radius 3 is 2.46 bits per heavy atom. The third kappa shape index (κ3) is 5.35. The predicted octanol–water partition coefficient (Wildman–Crippen LogP) is 4.72. The summed E-state index contributed by atoms with van der Waals surface area (Å²) in [5, 5.41) is 18.4. The number of primary amides is 1. The molecule has 0 bridgehead atoms. The molecule has 2 aromatic carbocycles. The molecule has 254 valence electrons. The van der Waals surface area contributed by atoms with Gasteiger partial charge in [-0.25, -0.2) is 31.6 Å². The van der Waals surface area contributed by atoms with E-state index < -0.39 is 95.0 Å². The van der Waals surface area contributed by atoms with Gasteiger partial charge in [0, 0.05) is 53.1 Å². The number of hydrogen-bond donors (Lipinski definition) is 3. The maximum Gasteiger partial charge on any atom is 0.333 e. The van der Waals surface area contributed by atoms with Crippen LogP contribution < -0.4 is 20.5 Å². The number of amides is 2. The summed E-state index contributed by atoms with van der Waals surface area (Å²) >= 11 is 0. The minimum absolute atomic E-state index is 0.0293. The van der Waals surface area contributed by atoms with Crippen LogP contribution in [0.2, 0.25) is 0 Å². The summed E-state index contributed by atoms with van der Waals surface area (Å²) in [6, 6.07) is 4.32. The molecule has 1 fully saturated rings. The monoisotopic (exact) mass is 681 g/mol. The number of alkyl halides is 4. The molecule has 0 saturated heterocycles. The van der Waals surface area contributed by atoms with Crippen molar-refractivity contribution in [2.24, 2.45) is 11.7 Å². The van der Waals surface area contributed by atoms with E-state index in [4.69, 9.17) is 15.2 Å². The molecular weight excluding hydrogens is 655 g/mol. The molecule has 1 aliphatic carbocycles. The molecule has 4 aromatic rings. The van der Waals surface area contributed by atoms with Gasteiger partial charge in [-0.2, -0.15) is 13.9 Å². The van der Waals surface area contributed by atoms with Crippen molar-refractivity contribution in [3.05, 3.63) is 70.8 Å². The number of pyridine rings is 1. The van der Waals surface area contributed by atoms with E-state index in [2.05, 4.69) is 15.4 Å². The van der Waals surface area contributed by atoms with Crippen LogP contribution in [0.15, 0.2) is 36.5 Å². The van der Waals surface area contributed by atoms with E-state index in [0.29, 0.717) is 10.7 Å². The highest BCUT2D eigenvalue weighted by Crippen LogP contribution is 2.53. The Morgan fingerprint density at radius 2 is 1.83 bits per heavy atom. The predicted molar refractivity (Wildman–Crippen MR) is 153 cm³/mol. The minimum Gasteiger partial charge on any atom is -0.494 e. The minimum atomic E-state index is -3.19. The van der Waals surface area contributed by atoms with Gasteiger partial charge in [0.15, 0.2) is 11.6 Å². The third-order valence-corrected chi connectivity index (χ3v) is 8.88. The number of rotatable bonds is 9. The number of carbonyl (C=O) groups excluding carboxylic acids is 2. The average Bonchev–Trinajstić information content (AvgIpc) is 3.62. The molecule has 2 atom stereocenters. The lowest BCUT2D eigenvalue weighted by molar-refractivity contribution is -0.179. The fourth-order valence-electron chi connectivity index (χ4n) is 5.96. The van der Waals surface area contributed by atoms with Gasteiger partial charge in [-0.3, -0.25) is 9.59 Å². The fraction of sp³-hybridized carbons (Fsp3) is 0.355. The van der Waals surface area contributed by atoms with Gasteiger partial charge < -0.3 is 25.6 Å². The molecule has 0 radical (unpaired) electrons. The highest BCUT2D eigenvalue weighted by Gasteiger charge is 2.57. The zero-order chi connectivity index (χ0) is 34.9. The maximum atomic E-state index is 15.1. The molecule has 17 heteroatoms. The smallest absolute Gasteiger partial charge is 0.333 e. The number of hydrogen-bond acceptors (Lipinski definition) is 7. The molecule has 2 aliphatic rings. The Labute approximate surface area is 266 Å². The first kappa shape index (κ1) is 33.0. The summed E-state index contributed by atoms with van der Waals surface area (Å²) in [6.45, 7) is -2.78. The molecule has 6 rings (SSSR count). The van der Waals surface area contributed by atoms with Crippen molar-refractivity contribution < 1.29 is 54.9 Å². The Balaban J connectivity index is 1.45. The zero-order valence-electron chi connectivity index (χ0n) is 25.1. The Morgan fingerprint density at radius 1 is 1.15 bits per heavy atom. The first-order valence-corrected chi connectivity index (χ1v) is 14.3. The first-order chi connectivity index (χ1) is 22.5. The SMILES string of the molecule is COc1cc(C(=O)NC[C@](O)(c2cc3c(c(-c4cc(F)c(F)cc4F)n2)OC[C@]3(C)C(N)=O)C2CC(F)(F)C2)cc2cn(C(F)F)nc12. The zero-order valence-corrected chi connectivity index (χ0v) is 25.1. The van der Waals surface area contributed by atoms with Crippen molar-refractivity contribution in [2.75, 3.05) is 20.3 Å². The van der Waals surface area contributed by atoms with Crippen LogP contribution in [-0.2, 0) is 15.8 Å². The highest BCUT2D eigenvalue weighted by atomic mass is 19.3. The third-order valence-electron chi connectivity index (χ3n) is 8.88. The van der Waals surface area contributed by atoms with Crippen molar-refractivity contribution in [1.29, 1.82) is 0 Å². The van der Waals surface area contributed by atoms with Crippen LogP contribution in [0, 0.1) is 23.4 Å². The lowest BCUT2D eigenvalue weighted by atomic mass is 9.68. The molecular formula is C31H26F7N5O5. The number of fused-ring (bicyclic) bond motifs is 2. The number of benzene rings is 2. The van der Waals surface area contributed by atoms with E-state index in [1.165, 1.54) is 26.2 Å². The second kappa shape index (κ2) is 11.4. The summed E-state index contributed by atoms with van der Waals surface area (Å²) in [4.78, 5) is 30.2. The molecule has 2 aromatic heterocycles. The highest BCUT2D eigenvalue weighted by molar-refractivity contribution is 6.00. The number of aromatic nitrogens is 3. The summed E-state index contributed by atoms with van der Waals surface area (Å²) in [6.07, 6.45) is -0.732. The van der Waals surface area contributed by atoms with Crippen LogP contribution in [0.4, 0.5) is 30.7 Å². The number of nitrogens with one attached hydrogen (secondary N) is 1. The van der Waals surface area contributed by atoms with Crippen LogP contribution in [-0.4, -0.2) is 57.9 Å². The number of nitrogens with zero attached hydrogens (tertiary/aromatic N) is 3. The Hall–Kier alpha value is -4.93. The van der Waals surface area contributed by atoms with Gasteiger partial charge in [-0.1, -0.05) is 0 Å². The van der Waals surface area contributed by atoms with Crippen molar-refractivity contribution >= 4 is 22.7 Å². The van der Waals surface area contributed by atoms with Gasteiger partial charge >= 0.3 is 6.55 Å². The second-order valence-electron chi connectivity index (χ2n) is 12.0. The number of halogens is 7. The summed E-state index contributed by atoms with van der Waals surface area (Å²) in [5.41, 5.74) is -0.0661. The number of ether oxygens (including phenoxy) is 2. The molecule has 1 aliphatic heterocycles. The van der Waals surface area contributed by atoms with Gasteiger partial charge in [0.25, 0.3) is 5.91 Å². The lowest BCUT2D eigenvalue weighted by Gasteiger charge is -2.45. The number of aliphatic hydroxyl groups is 1. The van der Waals surface area contributed by atoms with Gasteiger partial charge in [0.1, 0.15) is 46.1 Å². The van der Waals surface area contributed by atoms with E-state index in [1.54, 1.807) is 0 Å². The van der Waals surface area contributed by atoms with E-state index in [-0.39, 0.29) is 46.2 Å². The number of carbonyl (C=O) groups is 2. The molecule has 10 nitrogen and oxygen atoms in total.